The number of aliphatic hydroxyl groups excluding tert-OH is 1. The van der Waals surface area contributed by atoms with Crippen molar-refractivity contribution in [1.29, 1.82) is 0 Å². The summed E-state index contributed by atoms with van der Waals surface area (Å²) in [6.45, 7) is 2.23. The van der Waals surface area contributed by atoms with E-state index in [4.69, 9.17) is 4.42 Å². The van der Waals surface area contributed by atoms with Crippen LogP contribution in [-0.4, -0.2) is 5.11 Å². The molecule has 1 fully saturated rings. The van der Waals surface area contributed by atoms with E-state index in [9.17, 15) is 5.11 Å². The molecule has 1 saturated carbocycles. The van der Waals surface area contributed by atoms with E-state index in [2.05, 4.69) is 22.9 Å². The molecule has 1 N–H and O–H groups in total. The monoisotopic (exact) mass is 320 g/mol. The molecule has 3 rings (SSSR count). The van der Waals surface area contributed by atoms with Gasteiger partial charge in [-0.15, -0.1) is 0 Å². The van der Waals surface area contributed by atoms with Crippen LogP contribution in [0.2, 0.25) is 0 Å². The molecule has 1 heterocycles. The maximum absolute atomic E-state index is 10.2. The number of hydrogen-bond acceptors (Lipinski definition) is 2. The molecular formula is C16H17BrO2. The normalized spacial score (nSPS) is 23.3. The van der Waals surface area contributed by atoms with E-state index in [1.807, 2.05) is 36.4 Å². The van der Waals surface area contributed by atoms with Crippen molar-refractivity contribution < 1.29 is 9.52 Å². The summed E-state index contributed by atoms with van der Waals surface area (Å²) >= 11 is 3.44. The molecule has 19 heavy (non-hydrogen) atoms. The molecule has 1 aromatic heterocycles. The Morgan fingerprint density at radius 2 is 2.16 bits per heavy atom. The second-order valence-corrected chi connectivity index (χ2v) is 6.33. The molecule has 1 aromatic carbocycles. The Kier molecular flexibility index (Phi) is 3.50. The molecule has 0 radical (unpaired) electrons. The first-order valence-electron chi connectivity index (χ1n) is 6.65. The molecule has 0 aliphatic heterocycles. The SMILES string of the molecule is CC1CC1c1ccc(C(O)Cc2cccc(Br)c2)o1. The van der Waals surface area contributed by atoms with Gasteiger partial charge >= 0.3 is 0 Å². The van der Waals surface area contributed by atoms with Gasteiger partial charge in [-0.3, -0.25) is 0 Å². The van der Waals surface area contributed by atoms with Crippen LogP contribution in [-0.2, 0) is 6.42 Å². The second-order valence-electron chi connectivity index (χ2n) is 5.41. The largest absolute Gasteiger partial charge is 0.463 e. The summed E-state index contributed by atoms with van der Waals surface area (Å²) in [5.41, 5.74) is 1.10. The molecule has 2 nitrogen and oxygen atoms in total. The molecular weight excluding hydrogens is 304 g/mol. The van der Waals surface area contributed by atoms with E-state index in [-0.39, 0.29) is 0 Å². The highest BCUT2D eigenvalue weighted by Crippen LogP contribution is 2.47. The van der Waals surface area contributed by atoms with Crippen LogP contribution in [0.5, 0.6) is 0 Å². The van der Waals surface area contributed by atoms with Crippen LogP contribution in [0, 0.1) is 5.92 Å². The van der Waals surface area contributed by atoms with Gasteiger partial charge in [0.15, 0.2) is 0 Å². The van der Waals surface area contributed by atoms with Crippen molar-refractivity contribution in [3.05, 3.63) is 58.0 Å². The average Bonchev–Trinajstić information content (AvgIpc) is 2.91. The third-order valence-corrected chi connectivity index (χ3v) is 4.26. The van der Waals surface area contributed by atoms with Crippen LogP contribution in [0.15, 0.2) is 45.3 Å². The van der Waals surface area contributed by atoms with Gasteiger partial charge in [0.05, 0.1) is 0 Å². The molecule has 100 valence electrons. The third-order valence-electron chi connectivity index (χ3n) is 3.77. The standard InChI is InChI=1S/C16H17BrO2/c1-10-7-13(10)15-5-6-16(19-15)14(18)9-11-3-2-4-12(17)8-11/h2-6,8,10,13-14,18H,7,9H2,1H3. The molecule has 0 amide bonds. The van der Waals surface area contributed by atoms with E-state index in [1.165, 1.54) is 6.42 Å². The molecule has 1 aliphatic carbocycles. The van der Waals surface area contributed by atoms with Crippen LogP contribution in [0.1, 0.15) is 42.5 Å². The minimum Gasteiger partial charge on any atom is -0.463 e. The highest BCUT2D eigenvalue weighted by atomic mass is 79.9. The second kappa shape index (κ2) is 5.14. The Labute approximate surface area is 121 Å². The third kappa shape index (κ3) is 2.93. The van der Waals surface area contributed by atoms with E-state index < -0.39 is 6.10 Å². The highest BCUT2D eigenvalue weighted by molar-refractivity contribution is 9.10. The van der Waals surface area contributed by atoms with Crippen molar-refractivity contribution in [2.75, 3.05) is 0 Å². The Morgan fingerprint density at radius 3 is 2.84 bits per heavy atom. The zero-order valence-electron chi connectivity index (χ0n) is 10.8. The van der Waals surface area contributed by atoms with Crippen LogP contribution < -0.4 is 0 Å². The first-order chi connectivity index (χ1) is 9.13. The minimum absolute atomic E-state index is 0.562. The topological polar surface area (TPSA) is 33.4 Å². The quantitative estimate of drug-likeness (QED) is 0.903. The van der Waals surface area contributed by atoms with E-state index in [0.29, 0.717) is 18.1 Å². The lowest BCUT2D eigenvalue weighted by atomic mass is 10.1. The lowest BCUT2D eigenvalue weighted by Crippen LogP contribution is -2.00. The molecule has 1 aliphatic rings. The van der Waals surface area contributed by atoms with Crippen molar-refractivity contribution in [1.82, 2.24) is 0 Å². The van der Waals surface area contributed by atoms with Gasteiger partial charge in [-0.25, -0.2) is 0 Å². The van der Waals surface area contributed by atoms with E-state index >= 15 is 0 Å². The summed E-state index contributed by atoms with van der Waals surface area (Å²) in [5, 5.41) is 10.2. The van der Waals surface area contributed by atoms with Crippen molar-refractivity contribution in [2.45, 2.75) is 31.8 Å². The van der Waals surface area contributed by atoms with Gasteiger partial charge in [-0.2, -0.15) is 0 Å². The maximum atomic E-state index is 10.2. The van der Waals surface area contributed by atoms with Crippen LogP contribution >= 0.6 is 15.9 Å². The van der Waals surface area contributed by atoms with Gasteiger partial charge in [0.25, 0.3) is 0 Å². The first-order valence-corrected chi connectivity index (χ1v) is 7.45. The molecule has 0 saturated heterocycles. The molecule has 2 aromatic rings. The Balaban J connectivity index is 1.70. The summed E-state index contributed by atoms with van der Waals surface area (Å²) in [5.74, 6) is 2.98. The zero-order valence-corrected chi connectivity index (χ0v) is 12.4. The zero-order chi connectivity index (χ0) is 13.4. The summed E-state index contributed by atoms with van der Waals surface area (Å²) in [6, 6.07) is 11.9. The summed E-state index contributed by atoms with van der Waals surface area (Å²) in [7, 11) is 0. The van der Waals surface area contributed by atoms with Gasteiger partial charge in [-0.05, 0) is 42.2 Å². The molecule has 0 bridgehead atoms. The predicted molar refractivity (Wildman–Crippen MR) is 78.0 cm³/mol. The van der Waals surface area contributed by atoms with Gasteiger partial charge in [0, 0.05) is 16.8 Å². The number of furan rings is 1. The van der Waals surface area contributed by atoms with Crippen LogP contribution in [0.25, 0.3) is 0 Å². The van der Waals surface area contributed by atoms with Crippen molar-refractivity contribution in [3.63, 3.8) is 0 Å². The number of rotatable bonds is 4. The minimum atomic E-state index is -0.572. The molecule has 3 atom stereocenters. The molecule has 0 spiro atoms. The Bertz CT molecular complexity index is 576. The van der Waals surface area contributed by atoms with Gasteiger partial charge < -0.3 is 9.52 Å². The fraction of sp³-hybridized carbons (Fsp3) is 0.375. The fourth-order valence-corrected chi connectivity index (χ4v) is 2.90. The summed E-state index contributed by atoms with van der Waals surface area (Å²) in [6.07, 6.45) is 1.21. The average molecular weight is 321 g/mol. The fourth-order valence-electron chi connectivity index (χ4n) is 2.45. The van der Waals surface area contributed by atoms with Gasteiger partial charge in [0.1, 0.15) is 17.6 Å². The lowest BCUT2D eigenvalue weighted by molar-refractivity contribution is 0.148. The predicted octanol–water partition coefficient (Wildman–Crippen LogP) is 4.44. The van der Waals surface area contributed by atoms with E-state index in [1.54, 1.807) is 0 Å². The van der Waals surface area contributed by atoms with Crippen LogP contribution in [0.3, 0.4) is 0 Å². The molecule has 3 heteroatoms. The smallest absolute Gasteiger partial charge is 0.133 e. The number of aliphatic hydroxyl groups is 1. The van der Waals surface area contributed by atoms with Crippen molar-refractivity contribution in [3.8, 4) is 0 Å². The van der Waals surface area contributed by atoms with E-state index in [0.717, 1.165) is 21.7 Å². The van der Waals surface area contributed by atoms with Crippen molar-refractivity contribution >= 4 is 15.9 Å². The first kappa shape index (κ1) is 12.9. The van der Waals surface area contributed by atoms with Crippen molar-refractivity contribution in [2.24, 2.45) is 5.92 Å². The molecule has 3 unspecified atom stereocenters. The number of benzene rings is 1. The van der Waals surface area contributed by atoms with Crippen LogP contribution in [0.4, 0.5) is 0 Å². The van der Waals surface area contributed by atoms with Gasteiger partial charge in [0.2, 0.25) is 0 Å². The Hall–Kier alpha value is -1.06. The number of halogens is 1. The van der Waals surface area contributed by atoms with Gasteiger partial charge in [-0.1, -0.05) is 35.0 Å². The lowest BCUT2D eigenvalue weighted by Gasteiger charge is -2.08. The highest BCUT2D eigenvalue weighted by Gasteiger charge is 2.36. The Morgan fingerprint density at radius 1 is 1.37 bits per heavy atom. The summed E-state index contributed by atoms with van der Waals surface area (Å²) in [4.78, 5) is 0. The number of hydrogen-bond donors (Lipinski definition) is 1. The summed E-state index contributed by atoms with van der Waals surface area (Å²) < 4.78 is 6.81. The maximum Gasteiger partial charge on any atom is 0.133 e.